The quantitative estimate of drug-likeness (QED) is 0.637. The van der Waals surface area contributed by atoms with E-state index in [2.05, 4.69) is 6.07 Å². The lowest BCUT2D eigenvalue weighted by molar-refractivity contribution is -0.161. The molecule has 0 N–H and O–H groups in total. The lowest BCUT2D eigenvalue weighted by atomic mass is 9.88. The highest BCUT2D eigenvalue weighted by Gasteiger charge is 2.35. The number of ether oxygens (including phenoxy) is 2. The van der Waals surface area contributed by atoms with Crippen molar-refractivity contribution in [1.82, 2.24) is 4.90 Å². The molecule has 5 heteroatoms. The fourth-order valence-electron chi connectivity index (χ4n) is 3.24. The van der Waals surface area contributed by atoms with Crippen LogP contribution in [0.15, 0.2) is 48.5 Å². The molecule has 0 fully saturated rings. The highest BCUT2D eigenvalue weighted by Crippen LogP contribution is 2.35. The normalized spacial score (nSPS) is 16.1. The van der Waals surface area contributed by atoms with Crippen molar-refractivity contribution in [2.45, 2.75) is 19.4 Å². The summed E-state index contributed by atoms with van der Waals surface area (Å²) in [6.07, 6.45) is 0.716. The smallest absolute Gasteiger partial charge is 0.397 e. The number of carbonyl (C=O) groups is 2. The monoisotopic (exact) mass is 339 g/mol. The predicted octanol–water partition coefficient (Wildman–Crippen LogP) is 2.73. The third kappa shape index (κ3) is 3.36. The second kappa shape index (κ2) is 7.38. The molecule has 5 nitrogen and oxygen atoms in total. The molecule has 0 aromatic heterocycles. The van der Waals surface area contributed by atoms with E-state index in [1.54, 1.807) is 18.9 Å². The molecule has 1 heterocycles. The number of amides is 1. The maximum absolute atomic E-state index is 12.6. The molecule has 0 saturated heterocycles. The van der Waals surface area contributed by atoms with Gasteiger partial charge in [-0.05, 0) is 42.2 Å². The fraction of sp³-hybridized carbons (Fsp3) is 0.300. The van der Waals surface area contributed by atoms with Crippen LogP contribution in [0.5, 0.6) is 5.75 Å². The average molecular weight is 339 g/mol. The molecular weight excluding hydrogens is 318 g/mol. The van der Waals surface area contributed by atoms with Crippen LogP contribution in [0.2, 0.25) is 0 Å². The van der Waals surface area contributed by atoms with Gasteiger partial charge in [-0.25, -0.2) is 4.79 Å². The Bertz CT molecular complexity index is 770. The Labute approximate surface area is 147 Å². The summed E-state index contributed by atoms with van der Waals surface area (Å²) in [5, 5.41) is 0. The van der Waals surface area contributed by atoms with E-state index in [1.807, 2.05) is 42.5 Å². The predicted molar refractivity (Wildman–Crippen MR) is 93.3 cm³/mol. The maximum Gasteiger partial charge on any atom is 0.397 e. The maximum atomic E-state index is 12.6. The molecule has 25 heavy (non-hydrogen) atoms. The minimum absolute atomic E-state index is 0.183. The zero-order valence-corrected chi connectivity index (χ0v) is 14.4. The van der Waals surface area contributed by atoms with Crippen molar-refractivity contribution in [3.05, 3.63) is 65.2 Å². The number of methoxy groups -OCH3 is 1. The van der Waals surface area contributed by atoms with Gasteiger partial charge >= 0.3 is 11.9 Å². The lowest BCUT2D eigenvalue weighted by Crippen LogP contribution is -2.44. The van der Waals surface area contributed by atoms with Crippen LogP contribution in [-0.2, 0) is 20.7 Å². The molecule has 130 valence electrons. The number of benzene rings is 2. The first kappa shape index (κ1) is 17.0. The molecule has 1 amide bonds. The average Bonchev–Trinajstić information content (AvgIpc) is 2.66. The summed E-state index contributed by atoms with van der Waals surface area (Å²) >= 11 is 0. The Morgan fingerprint density at radius 2 is 1.84 bits per heavy atom. The zero-order valence-electron chi connectivity index (χ0n) is 14.4. The molecule has 0 bridgehead atoms. The van der Waals surface area contributed by atoms with Crippen molar-refractivity contribution in [2.24, 2.45) is 0 Å². The molecule has 1 aliphatic rings. The standard InChI is InChI=1S/C20H21NO4/c1-3-25-20(23)19(22)21-13-12-14-6-4-5-7-17(14)18(21)15-8-10-16(24-2)11-9-15/h4-11,18H,3,12-13H2,1-2H3. The molecule has 0 saturated carbocycles. The Morgan fingerprint density at radius 1 is 1.12 bits per heavy atom. The fourth-order valence-corrected chi connectivity index (χ4v) is 3.24. The van der Waals surface area contributed by atoms with Crippen LogP contribution in [-0.4, -0.2) is 37.0 Å². The third-order valence-electron chi connectivity index (χ3n) is 4.43. The SMILES string of the molecule is CCOC(=O)C(=O)N1CCc2ccccc2C1c1ccc(OC)cc1. The van der Waals surface area contributed by atoms with Crippen LogP contribution in [0.25, 0.3) is 0 Å². The molecular formula is C20H21NO4. The number of carbonyl (C=O) groups excluding carboxylic acids is 2. The Hall–Kier alpha value is -2.82. The van der Waals surface area contributed by atoms with Crippen LogP contribution in [0, 0.1) is 0 Å². The number of hydrogen-bond donors (Lipinski definition) is 0. The van der Waals surface area contributed by atoms with Crippen LogP contribution in [0.3, 0.4) is 0 Å². The minimum Gasteiger partial charge on any atom is -0.497 e. The van der Waals surface area contributed by atoms with Crippen molar-refractivity contribution in [3.8, 4) is 5.75 Å². The van der Waals surface area contributed by atoms with E-state index in [9.17, 15) is 9.59 Å². The number of fused-ring (bicyclic) bond motifs is 1. The van der Waals surface area contributed by atoms with E-state index < -0.39 is 11.9 Å². The van der Waals surface area contributed by atoms with Gasteiger partial charge in [-0.1, -0.05) is 36.4 Å². The summed E-state index contributed by atoms with van der Waals surface area (Å²) in [7, 11) is 1.61. The third-order valence-corrected chi connectivity index (χ3v) is 4.43. The summed E-state index contributed by atoms with van der Waals surface area (Å²) in [5.74, 6) is -0.659. The van der Waals surface area contributed by atoms with Crippen LogP contribution in [0.1, 0.15) is 29.7 Å². The van der Waals surface area contributed by atoms with Gasteiger partial charge in [0.25, 0.3) is 0 Å². The van der Waals surface area contributed by atoms with Gasteiger partial charge in [0.2, 0.25) is 0 Å². The molecule has 0 radical (unpaired) electrons. The summed E-state index contributed by atoms with van der Waals surface area (Å²) in [5.41, 5.74) is 3.17. The van der Waals surface area contributed by atoms with Gasteiger partial charge in [0.1, 0.15) is 5.75 Å². The number of esters is 1. The van der Waals surface area contributed by atoms with Gasteiger partial charge in [0, 0.05) is 6.54 Å². The largest absolute Gasteiger partial charge is 0.497 e. The summed E-state index contributed by atoms with van der Waals surface area (Å²) < 4.78 is 10.1. The van der Waals surface area contributed by atoms with E-state index >= 15 is 0 Å². The van der Waals surface area contributed by atoms with Crippen molar-refractivity contribution < 1.29 is 19.1 Å². The lowest BCUT2D eigenvalue weighted by Gasteiger charge is -2.37. The van der Waals surface area contributed by atoms with Crippen LogP contribution >= 0.6 is 0 Å². The van der Waals surface area contributed by atoms with E-state index in [-0.39, 0.29) is 12.6 Å². The van der Waals surface area contributed by atoms with Gasteiger partial charge in [-0.2, -0.15) is 0 Å². The van der Waals surface area contributed by atoms with Crippen molar-refractivity contribution in [3.63, 3.8) is 0 Å². The second-order valence-corrected chi connectivity index (χ2v) is 5.84. The van der Waals surface area contributed by atoms with Gasteiger partial charge in [-0.15, -0.1) is 0 Å². The van der Waals surface area contributed by atoms with Gasteiger partial charge < -0.3 is 14.4 Å². The number of nitrogens with zero attached hydrogens (tertiary/aromatic N) is 1. The molecule has 1 aliphatic heterocycles. The van der Waals surface area contributed by atoms with E-state index in [0.717, 1.165) is 16.9 Å². The zero-order chi connectivity index (χ0) is 17.8. The molecule has 2 aromatic rings. The topological polar surface area (TPSA) is 55.8 Å². The highest BCUT2D eigenvalue weighted by molar-refractivity contribution is 6.32. The van der Waals surface area contributed by atoms with Gasteiger partial charge in [0.05, 0.1) is 19.8 Å². The Balaban J connectivity index is 2.02. The molecule has 1 atom stereocenters. The minimum atomic E-state index is -0.805. The van der Waals surface area contributed by atoms with E-state index in [1.165, 1.54) is 5.56 Å². The summed E-state index contributed by atoms with van der Waals surface area (Å²) in [6.45, 7) is 2.35. The first-order valence-corrected chi connectivity index (χ1v) is 8.35. The first-order chi connectivity index (χ1) is 12.2. The highest BCUT2D eigenvalue weighted by atomic mass is 16.5. The van der Waals surface area contributed by atoms with Crippen molar-refractivity contribution in [1.29, 1.82) is 0 Å². The summed E-state index contributed by atoms with van der Waals surface area (Å²) in [6, 6.07) is 15.3. The first-order valence-electron chi connectivity index (χ1n) is 8.35. The number of rotatable bonds is 3. The molecule has 0 spiro atoms. The summed E-state index contributed by atoms with van der Waals surface area (Å²) in [4.78, 5) is 26.2. The Morgan fingerprint density at radius 3 is 2.52 bits per heavy atom. The van der Waals surface area contributed by atoms with Gasteiger partial charge in [0.15, 0.2) is 0 Å². The second-order valence-electron chi connectivity index (χ2n) is 5.84. The van der Waals surface area contributed by atoms with E-state index in [4.69, 9.17) is 9.47 Å². The molecule has 1 unspecified atom stereocenters. The van der Waals surface area contributed by atoms with Crippen LogP contribution in [0.4, 0.5) is 0 Å². The molecule has 2 aromatic carbocycles. The Kier molecular flexibility index (Phi) is 5.03. The van der Waals surface area contributed by atoms with E-state index in [0.29, 0.717) is 13.0 Å². The van der Waals surface area contributed by atoms with Gasteiger partial charge in [-0.3, -0.25) is 4.79 Å². The van der Waals surface area contributed by atoms with Crippen molar-refractivity contribution >= 4 is 11.9 Å². The van der Waals surface area contributed by atoms with Crippen molar-refractivity contribution in [2.75, 3.05) is 20.3 Å². The van der Waals surface area contributed by atoms with Crippen LogP contribution < -0.4 is 4.74 Å². The number of hydrogen-bond acceptors (Lipinski definition) is 4. The molecule has 3 rings (SSSR count). The molecule has 0 aliphatic carbocycles.